The van der Waals surface area contributed by atoms with Crippen molar-refractivity contribution in [2.45, 2.75) is 20.0 Å². The monoisotopic (exact) mass is 287 g/mol. The van der Waals surface area contributed by atoms with Gasteiger partial charge in [0.25, 0.3) is 0 Å². The zero-order chi connectivity index (χ0) is 15.6. The van der Waals surface area contributed by atoms with Gasteiger partial charge >= 0.3 is 5.69 Å². The fraction of sp³-hybridized carbons (Fsp3) is 0.250. The molecule has 0 fully saturated rings. The van der Waals surface area contributed by atoms with E-state index in [4.69, 9.17) is 4.74 Å². The second kappa shape index (κ2) is 5.93. The maximum Gasteiger partial charge on any atom is 0.311 e. The minimum atomic E-state index is -0.907. The number of aryl methyl sites for hydroxylation is 2. The summed E-state index contributed by atoms with van der Waals surface area (Å²) in [5.41, 5.74) is 3.10. The van der Waals surface area contributed by atoms with Crippen LogP contribution in [0.15, 0.2) is 36.4 Å². The highest BCUT2D eigenvalue weighted by atomic mass is 16.6. The second-order valence-corrected chi connectivity index (χ2v) is 4.95. The summed E-state index contributed by atoms with van der Waals surface area (Å²) < 4.78 is 4.96. The number of ether oxygens (including phenoxy) is 1. The SMILES string of the molecule is COc1ccc([C@@H](O)c2ccc(C)cc2C)cc1[N+](=O)[O-]. The fourth-order valence-electron chi connectivity index (χ4n) is 2.33. The summed E-state index contributed by atoms with van der Waals surface area (Å²) in [5, 5.41) is 21.5. The first-order valence-corrected chi connectivity index (χ1v) is 6.51. The van der Waals surface area contributed by atoms with Crippen LogP contribution in [0.5, 0.6) is 5.75 Å². The van der Waals surface area contributed by atoms with Gasteiger partial charge in [0.15, 0.2) is 5.75 Å². The van der Waals surface area contributed by atoms with Crippen LogP contribution >= 0.6 is 0 Å². The molecule has 0 unspecified atom stereocenters. The van der Waals surface area contributed by atoms with Crippen LogP contribution in [0, 0.1) is 24.0 Å². The van der Waals surface area contributed by atoms with E-state index in [2.05, 4.69) is 0 Å². The van der Waals surface area contributed by atoms with Gasteiger partial charge in [-0.25, -0.2) is 0 Å². The van der Waals surface area contributed by atoms with E-state index in [9.17, 15) is 15.2 Å². The number of aliphatic hydroxyl groups excluding tert-OH is 1. The lowest BCUT2D eigenvalue weighted by molar-refractivity contribution is -0.385. The van der Waals surface area contributed by atoms with Crippen molar-refractivity contribution in [3.63, 3.8) is 0 Å². The van der Waals surface area contributed by atoms with Crippen molar-refractivity contribution in [2.24, 2.45) is 0 Å². The van der Waals surface area contributed by atoms with Crippen molar-refractivity contribution < 1.29 is 14.8 Å². The molecule has 2 rings (SSSR count). The first-order chi connectivity index (χ1) is 9.93. The predicted octanol–water partition coefficient (Wildman–Crippen LogP) is 3.30. The van der Waals surface area contributed by atoms with Gasteiger partial charge in [-0.2, -0.15) is 0 Å². The molecule has 0 aliphatic heterocycles. The van der Waals surface area contributed by atoms with Gasteiger partial charge in [-0.05, 0) is 36.6 Å². The zero-order valence-electron chi connectivity index (χ0n) is 12.2. The molecule has 0 saturated heterocycles. The summed E-state index contributed by atoms with van der Waals surface area (Å²) in [7, 11) is 1.38. The van der Waals surface area contributed by atoms with Crippen molar-refractivity contribution in [3.8, 4) is 5.75 Å². The molecular formula is C16H17NO4. The number of hydrogen-bond donors (Lipinski definition) is 1. The molecule has 5 heteroatoms. The number of rotatable bonds is 4. The van der Waals surface area contributed by atoms with E-state index < -0.39 is 11.0 Å². The molecule has 0 heterocycles. The Kier molecular flexibility index (Phi) is 4.23. The van der Waals surface area contributed by atoms with Crippen LogP contribution < -0.4 is 4.74 Å². The van der Waals surface area contributed by atoms with Crippen LogP contribution in [0.2, 0.25) is 0 Å². The number of methoxy groups -OCH3 is 1. The maximum atomic E-state index is 11.0. The molecule has 1 atom stereocenters. The predicted molar refractivity (Wildman–Crippen MR) is 79.6 cm³/mol. The van der Waals surface area contributed by atoms with Crippen molar-refractivity contribution in [2.75, 3.05) is 7.11 Å². The topological polar surface area (TPSA) is 72.6 Å². The van der Waals surface area contributed by atoms with E-state index >= 15 is 0 Å². The highest BCUT2D eigenvalue weighted by molar-refractivity contribution is 5.51. The van der Waals surface area contributed by atoms with Crippen LogP contribution in [0.25, 0.3) is 0 Å². The van der Waals surface area contributed by atoms with Crippen LogP contribution in [-0.4, -0.2) is 17.1 Å². The van der Waals surface area contributed by atoms with E-state index in [1.807, 2.05) is 32.0 Å². The summed E-state index contributed by atoms with van der Waals surface area (Å²) in [6.45, 7) is 3.88. The Morgan fingerprint density at radius 3 is 2.48 bits per heavy atom. The van der Waals surface area contributed by atoms with Gasteiger partial charge in [-0.1, -0.05) is 29.8 Å². The van der Waals surface area contributed by atoms with Crippen molar-refractivity contribution in [3.05, 3.63) is 68.8 Å². The third kappa shape index (κ3) is 3.03. The van der Waals surface area contributed by atoms with Crippen LogP contribution in [0.4, 0.5) is 5.69 Å². The summed E-state index contributed by atoms with van der Waals surface area (Å²) >= 11 is 0. The van der Waals surface area contributed by atoms with E-state index in [-0.39, 0.29) is 11.4 Å². The fourth-order valence-corrected chi connectivity index (χ4v) is 2.33. The Hall–Kier alpha value is -2.40. The van der Waals surface area contributed by atoms with Gasteiger partial charge in [0.1, 0.15) is 6.10 Å². The number of aliphatic hydroxyl groups is 1. The average Bonchev–Trinajstić information content (AvgIpc) is 2.45. The van der Waals surface area contributed by atoms with Gasteiger partial charge < -0.3 is 9.84 Å². The molecule has 0 radical (unpaired) electrons. The van der Waals surface area contributed by atoms with Gasteiger partial charge in [-0.3, -0.25) is 10.1 Å². The zero-order valence-corrected chi connectivity index (χ0v) is 12.2. The molecular weight excluding hydrogens is 270 g/mol. The first kappa shape index (κ1) is 15.0. The molecule has 0 amide bonds. The normalized spacial score (nSPS) is 12.0. The summed E-state index contributed by atoms with van der Waals surface area (Å²) in [6, 6.07) is 10.2. The van der Waals surface area contributed by atoms with Gasteiger partial charge in [0.05, 0.1) is 12.0 Å². The van der Waals surface area contributed by atoms with Crippen molar-refractivity contribution >= 4 is 5.69 Å². The minimum Gasteiger partial charge on any atom is -0.490 e. The Morgan fingerprint density at radius 1 is 1.19 bits per heavy atom. The molecule has 2 aromatic carbocycles. The Bertz CT molecular complexity index is 682. The van der Waals surface area contributed by atoms with Crippen LogP contribution in [-0.2, 0) is 0 Å². The maximum absolute atomic E-state index is 11.0. The molecule has 2 aromatic rings. The average molecular weight is 287 g/mol. The molecule has 0 spiro atoms. The lowest BCUT2D eigenvalue weighted by Gasteiger charge is -2.15. The quantitative estimate of drug-likeness (QED) is 0.691. The Labute approximate surface area is 123 Å². The molecule has 0 saturated carbocycles. The third-order valence-electron chi connectivity index (χ3n) is 3.44. The van der Waals surface area contributed by atoms with Crippen LogP contribution in [0.1, 0.15) is 28.4 Å². The second-order valence-electron chi connectivity index (χ2n) is 4.95. The Morgan fingerprint density at radius 2 is 1.90 bits per heavy atom. The highest BCUT2D eigenvalue weighted by Crippen LogP contribution is 2.33. The largest absolute Gasteiger partial charge is 0.490 e. The van der Waals surface area contributed by atoms with E-state index in [1.165, 1.54) is 19.2 Å². The van der Waals surface area contributed by atoms with E-state index in [0.717, 1.165) is 16.7 Å². The summed E-state index contributed by atoms with van der Waals surface area (Å²) in [5.74, 6) is 0.177. The number of benzene rings is 2. The first-order valence-electron chi connectivity index (χ1n) is 6.51. The molecule has 1 N–H and O–H groups in total. The Balaban J connectivity index is 2.46. The number of nitrogens with zero attached hydrogens (tertiary/aromatic N) is 1. The highest BCUT2D eigenvalue weighted by Gasteiger charge is 2.20. The van der Waals surface area contributed by atoms with E-state index in [1.54, 1.807) is 6.07 Å². The lowest BCUT2D eigenvalue weighted by atomic mass is 9.96. The number of hydrogen-bond acceptors (Lipinski definition) is 4. The molecule has 0 aliphatic rings. The molecule has 0 aliphatic carbocycles. The molecule has 0 bridgehead atoms. The molecule has 0 aromatic heterocycles. The smallest absolute Gasteiger partial charge is 0.311 e. The lowest BCUT2D eigenvalue weighted by Crippen LogP contribution is -2.04. The van der Waals surface area contributed by atoms with Gasteiger partial charge in [0, 0.05) is 6.07 Å². The number of nitro groups is 1. The van der Waals surface area contributed by atoms with Crippen molar-refractivity contribution in [1.29, 1.82) is 0 Å². The van der Waals surface area contributed by atoms with Crippen molar-refractivity contribution in [1.82, 2.24) is 0 Å². The molecule has 21 heavy (non-hydrogen) atoms. The van der Waals surface area contributed by atoms with Gasteiger partial charge in [-0.15, -0.1) is 0 Å². The third-order valence-corrected chi connectivity index (χ3v) is 3.44. The molecule has 110 valence electrons. The standard InChI is InChI=1S/C16H17NO4/c1-10-4-6-13(11(2)8-10)16(18)12-5-7-15(21-3)14(9-12)17(19)20/h4-9,16,18H,1-3H3/t16-/m1/s1. The minimum absolute atomic E-state index is 0.154. The van der Waals surface area contributed by atoms with Crippen LogP contribution in [0.3, 0.4) is 0 Å². The van der Waals surface area contributed by atoms with Gasteiger partial charge in [0.2, 0.25) is 0 Å². The molecule has 5 nitrogen and oxygen atoms in total. The van der Waals surface area contributed by atoms with E-state index in [0.29, 0.717) is 5.56 Å². The summed E-state index contributed by atoms with van der Waals surface area (Å²) in [6.07, 6.45) is -0.907. The number of nitro benzene ring substituents is 1. The summed E-state index contributed by atoms with van der Waals surface area (Å²) in [4.78, 5) is 10.5.